The van der Waals surface area contributed by atoms with Crippen molar-refractivity contribution in [1.82, 2.24) is 4.90 Å². The van der Waals surface area contributed by atoms with Crippen LogP contribution in [-0.4, -0.2) is 36.0 Å². The van der Waals surface area contributed by atoms with E-state index in [2.05, 4.69) is 0 Å². The molecule has 19 heavy (non-hydrogen) atoms. The normalized spacial score (nSPS) is 10.5. The molecule has 0 N–H and O–H groups in total. The lowest BCUT2D eigenvalue weighted by atomic mass is 10.2. The van der Waals surface area contributed by atoms with Gasteiger partial charge in [-0.3, -0.25) is 9.59 Å². The molecule has 1 aromatic heterocycles. The average Bonchev–Trinajstić information content (AvgIpc) is 2.81. The number of amides is 1. The molecule has 4 nitrogen and oxygen atoms in total. The smallest absolute Gasteiger partial charge is 0.307 e. The van der Waals surface area contributed by atoms with E-state index in [4.69, 9.17) is 4.74 Å². The number of carbonyl (C=O) groups excluding carboxylic acids is 2. The molecule has 1 aromatic rings. The first kappa shape index (κ1) is 15.7. The summed E-state index contributed by atoms with van der Waals surface area (Å²) in [6.07, 6.45) is 0.654. The van der Waals surface area contributed by atoms with E-state index in [1.807, 2.05) is 31.4 Å². The van der Waals surface area contributed by atoms with Crippen LogP contribution < -0.4 is 0 Å². The molecule has 5 heteroatoms. The van der Waals surface area contributed by atoms with Gasteiger partial charge in [0.2, 0.25) is 5.91 Å². The Kier molecular flexibility index (Phi) is 6.56. The Balaban J connectivity index is 2.52. The lowest BCUT2D eigenvalue weighted by molar-refractivity contribution is -0.144. The Morgan fingerprint density at radius 1 is 1.42 bits per heavy atom. The Labute approximate surface area is 118 Å². The van der Waals surface area contributed by atoms with Crippen molar-refractivity contribution >= 4 is 23.2 Å². The minimum absolute atomic E-state index is 0.0572. The molecule has 0 atom stereocenters. The van der Waals surface area contributed by atoms with Gasteiger partial charge in [0.05, 0.1) is 19.4 Å². The molecular weight excluding hydrogens is 262 g/mol. The molecular formula is C14H21NO3S. The topological polar surface area (TPSA) is 46.6 Å². The molecule has 0 radical (unpaired) electrons. The summed E-state index contributed by atoms with van der Waals surface area (Å²) in [5.74, 6) is -0.196. The van der Waals surface area contributed by atoms with E-state index in [1.165, 1.54) is 0 Å². The monoisotopic (exact) mass is 283 g/mol. The van der Waals surface area contributed by atoms with Crippen LogP contribution in [0.4, 0.5) is 0 Å². The third kappa shape index (κ3) is 5.42. The van der Waals surface area contributed by atoms with Crippen molar-refractivity contribution in [3.05, 3.63) is 22.4 Å². The van der Waals surface area contributed by atoms with E-state index in [0.29, 0.717) is 19.6 Å². The summed E-state index contributed by atoms with van der Waals surface area (Å²) in [6, 6.07) is 3.97. The summed E-state index contributed by atoms with van der Waals surface area (Å²) in [7, 11) is 0. The van der Waals surface area contributed by atoms with Gasteiger partial charge < -0.3 is 9.64 Å². The predicted molar refractivity (Wildman–Crippen MR) is 76.1 cm³/mol. The van der Waals surface area contributed by atoms with Gasteiger partial charge in [-0.25, -0.2) is 0 Å². The van der Waals surface area contributed by atoms with Gasteiger partial charge >= 0.3 is 5.97 Å². The molecule has 1 rings (SSSR count). The number of hydrogen-bond donors (Lipinski definition) is 0. The Bertz CT molecular complexity index is 401. The van der Waals surface area contributed by atoms with E-state index < -0.39 is 0 Å². The van der Waals surface area contributed by atoms with Crippen molar-refractivity contribution < 1.29 is 14.3 Å². The van der Waals surface area contributed by atoms with Crippen molar-refractivity contribution in [2.45, 2.75) is 39.7 Å². The maximum atomic E-state index is 12.2. The zero-order valence-electron chi connectivity index (χ0n) is 11.7. The van der Waals surface area contributed by atoms with Gasteiger partial charge in [0.15, 0.2) is 0 Å². The summed E-state index contributed by atoms with van der Waals surface area (Å²) in [5.41, 5.74) is 0. The summed E-state index contributed by atoms with van der Waals surface area (Å²) in [5, 5.41) is 1.96. The van der Waals surface area contributed by atoms with Crippen LogP contribution in [0.2, 0.25) is 0 Å². The van der Waals surface area contributed by atoms with E-state index in [9.17, 15) is 9.59 Å². The molecule has 0 aromatic carbocycles. The molecule has 0 aliphatic heterocycles. The van der Waals surface area contributed by atoms with E-state index in [0.717, 1.165) is 4.88 Å². The number of ether oxygens (including phenoxy) is 1. The second kappa shape index (κ2) is 7.94. The summed E-state index contributed by atoms with van der Waals surface area (Å²) < 4.78 is 4.88. The second-order valence-corrected chi connectivity index (χ2v) is 5.52. The predicted octanol–water partition coefficient (Wildman–Crippen LogP) is 2.48. The maximum Gasteiger partial charge on any atom is 0.307 e. The SMILES string of the molecule is CCOC(=O)CCN(C(=O)Cc1cccs1)C(C)C. The van der Waals surface area contributed by atoms with Crippen molar-refractivity contribution in [2.24, 2.45) is 0 Å². The standard InChI is InChI=1S/C14H21NO3S/c1-4-18-14(17)7-8-15(11(2)3)13(16)10-12-6-5-9-19-12/h5-6,9,11H,4,7-8,10H2,1-3H3. The van der Waals surface area contributed by atoms with Crippen LogP contribution in [0.1, 0.15) is 32.1 Å². The number of thiophene rings is 1. The van der Waals surface area contributed by atoms with Crippen LogP contribution in [0.5, 0.6) is 0 Å². The number of nitrogens with zero attached hydrogens (tertiary/aromatic N) is 1. The van der Waals surface area contributed by atoms with Crippen molar-refractivity contribution in [2.75, 3.05) is 13.2 Å². The summed E-state index contributed by atoms with van der Waals surface area (Å²) in [4.78, 5) is 26.3. The first-order valence-corrected chi connectivity index (χ1v) is 7.40. The first-order valence-electron chi connectivity index (χ1n) is 6.52. The Morgan fingerprint density at radius 3 is 2.68 bits per heavy atom. The molecule has 0 saturated heterocycles. The van der Waals surface area contributed by atoms with Gasteiger partial charge in [-0.05, 0) is 32.2 Å². The first-order chi connectivity index (χ1) is 9.04. The fourth-order valence-electron chi connectivity index (χ4n) is 1.78. The van der Waals surface area contributed by atoms with Crippen LogP contribution in [0.3, 0.4) is 0 Å². The molecule has 106 valence electrons. The molecule has 1 amide bonds. The lowest BCUT2D eigenvalue weighted by Crippen LogP contribution is -2.39. The molecule has 1 heterocycles. The number of hydrogen-bond acceptors (Lipinski definition) is 4. The molecule has 0 aliphatic rings. The van der Waals surface area contributed by atoms with Gasteiger partial charge in [-0.2, -0.15) is 0 Å². The highest BCUT2D eigenvalue weighted by molar-refractivity contribution is 7.10. The molecule has 0 unspecified atom stereocenters. The zero-order chi connectivity index (χ0) is 14.3. The van der Waals surface area contributed by atoms with Gasteiger partial charge in [0.25, 0.3) is 0 Å². The van der Waals surface area contributed by atoms with Crippen LogP contribution in [0.25, 0.3) is 0 Å². The van der Waals surface area contributed by atoms with Crippen LogP contribution >= 0.6 is 11.3 Å². The van der Waals surface area contributed by atoms with E-state index >= 15 is 0 Å². The van der Waals surface area contributed by atoms with Crippen molar-refractivity contribution in [3.63, 3.8) is 0 Å². The second-order valence-electron chi connectivity index (χ2n) is 4.49. The number of rotatable bonds is 7. The summed E-state index contributed by atoms with van der Waals surface area (Å²) >= 11 is 1.57. The van der Waals surface area contributed by atoms with Gasteiger partial charge in [-0.1, -0.05) is 6.07 Å². The quantitative estimate of drug-likeness (QED) is 0.722. The minimum atomic E-state index is -0.253. The largest absolute Gasteiger partial charge is 0.466 e. The molecule has 0 bridgehead atoms. The van der Waals surface area contributed by atoms with Crippen LogP contribution in [0.15, 0.2) is 17.5 Å². The van der Waals surface area contributed by atoms with E-state index in [1.54, 1.807) is 23.2 Å². The third-order valence-electron chi connectivity index (χ3n) is 2.71. The fourth-order valence-corrected chi connectivity index (χ4v) is 2.48. The van der Waals surface area contributed by atoms with Crippen LogP contribution in [-0.2, 0) is 20.7 Å². The number of esters is 1. The molecule has 0 aliphatic carbocycles. The lowest BCUT2D eigenvalue weighted by Gasteiger charge is -2.26. The molecule has 0 fully saturated rings. The van der Waals surface area contributed by atoms with E-state index in [-0.39, 0.29) is 24.3 Å². The fraction of sp³-hybridized carbons (Fsp3) is 0.571. The van der Waals surface area contributed by atoms with Gasteiger partial charge in [0.1, 0.15) is 0 Å². The molecule has 0 saturated carbocycles. The van der Waals surface area contributed by atoms with Gasteiger partial charge in [0, 0.05) is 17.5 Å². The Hall–Kier alpha value is -1.36. The number of carbonyl (C=O) groups is 2. The maximum absolute atomic E-state index is 12.2. The van der Waals surface area contributed by atoms with Gasteiger partial charge in [-0.15, -0.1) is 11.3 Å². The third-order valence-corrected chi connectivity index (χ3v) is 3.59. The minimum Gasteiger partial charge on any atom is -0.466 e. The van der Waals surface area contributed by atoms with Crippen LogP contribution in [0, 0.1) is 0 Å². The zero-order valence-corrected chi connectivity index (χ0v) is 12.5. The summed E-state index contributed by atoms with van der Waals surface area (Å²) in [6.45, 7) is 6.49. The van der Waals surface area contributed by atoms with Crippen molar-refractivity contribution in [3.8, 4) is 0 Å². The highest BCUT2D eigenvalue weighted by Gasteiger charge is 2.18. The van der Waals surface area contributed by atoms with Crippen molar-refractivity contribution in [1.29, 1.82) is 0 Å². The highest BCUT2D eigenvalue weighted by Crippen LogP contribution is 2.12. The average molecular weight is 283 g/mol. The Morgan fingerprint density at radius 2 is 2.16 bits per heavy atom. The molecule has 0 spiro atoms. The highest BCUT2D eigenvalue weighted by atomic mass is 32.1.